The van der Waals surface area contributed by atoms with Gasteiger partial charge in [0.25, 0.3) is 0 Å². The molecule has 2 aromatic carbocycles. The van der Waals surface area contributed by atoms with Crippen LogP contribution >= 0.6 is 0 Å². The molecule has 2 aromatic rings. The van der Waals surface area contributed by atoms with Gasteiger partial charge in [-0.05, 0) is 49.1 Å². The Morgan fingerprint density at radius 2 is 1.39 bits per heavy atom. The normalized spacial score (nSPS) is 18.5. The molecule has 0 aromatic heterocycles. The maximum Gasteiger partial charge on any atom is 0.183 e. The average Bonchev–Trinajstić information content (AvgIpc) is 2.83. The van der Waals surface area contributed by atoms with Gasteiger partial charge in [0.2, 0.25) is 0 Å². The largest absolute Gasteiger partial charge is 0.497 e. The molecule has 3 rings (SSSR count). The van der Waals surface area contributed by atoms with E-state index in [-0.39, 0.29) is 12.2 Å². The minimum Gasteiger partial charge on any atom is -0.497 e. The Balaban J connectivity index is 1.33. The van der Waals surface area contributed by atoms with E-state index < -0.39 is 0 Å². The van der Waals surface area contributed by atoms with Crippen LogP contribution in [0.2, 0.25) is 0 Å². The topological polar surface area (TPSA) is 36.9 Å². The molecule has 1 heterocycles. The van der Waals surface area contributed by atoms with Crippen LogP contribution in [0.4, 0.5) is 0 Å². The number of allylic oxidation sites excluding steroid dienone is 1. The third-order valence-corrected chi connectivity index (χ3v) is 5.71. The molecule has 0 saturated carbocycles. The van der Waals surface area contributed by atoms with E-state index in [0.717, 1.165) is 36.5 Å². The van der Waals surface area contributed by atoms with Gasteiger partial charge >= 0.3 is 0 Å². The van der Waals surface area contributed by atoms with E-state index in [2.05, 4.69) is 18.7 Å². The summed E-state index contributed by atoms with van der Waals surface area (Å²) in [4.78, 5) is 0. The van der Waals surface area contributed by atoms with Gasteiger partial charge in [0, 0.05) is 11.5 Å². The molecule has 1 aliphatic rings. The fourth-order valence-corrected chi connectivity index (χ4v) is 3.77. The van der Waals surface area contributed by atoms with Crippen LogP contribution in [-0.4, -0.2) is 26.9 Å². The second-order valence-electron chi connectivity index (χ2n) is 8.08. The molecule has 168 valence electrons. The van der Waals surface area contributed by atoms with Crippen LogP contribution in [-0.2, 0) is 9.47 Å². The maximum atomic E-state index is 5.99. The standard InChI is InChI=1S/C27H36O4/c1-3-4-5-6-7-8-9-10-19-29-26-17-13-23(14-18-26)27-30-20-24(21-31-27)22-11-15-25(28-2)16-12-22/h3,11-18,24,27H,1,4-10,19-21H2,2H3. The Hall–Kier alpha value is -2.30. The van der Waals surface area contributed by atoms with Crippen LogP contribution in [0.15, 0.2) is 61.2 Å². The van der Waals surface area contributed by atoms with E-state index in [1.807, 2.05) is 42.5 Å². The summed E-state index contributed by atoms with van der Waals surface area (Å²) < 4.78 is 23.1. The van der Waals surface area contributed by atoms with Crippen molar-refractivity contribution in [3.63, 3.8) is 0 Å². The Bertz CT molecular complexity index is 746. The number of benzene rings is 2. The number of unbranched alkanes of at least 4 members (excludes halogenated alkanes) is 6. The number of hydrogen-bond donors (Lipinski definition) is 0. The summed E-state index contributed by atoms with van der Waals surface area (Å²) in [7, 11) is 1.68. The molecular formula is C27H36O4. The van der Waals surface area contributed by atoms with Crippen LogP contribution in [0, 0.1) is 0 Å². The van der Waals surface area contributed by atoms with Crippen molar-refractivity contribution in [1.82, 2.24) is 0 Å². The summed E-state index contributed by atoms with van der Waals surface area (Å²) in [6.07, 6.45) is 10.3. The van der Waals surface area contributed by atoms with Crippen molar-refractivity contribution in [2.24, 2.45) is 0 Å². The molecule has 0 atom stereocenters. The van der Waals surface area contributed by atoms with Crippen molar-refractivity contribution in [3.05, 3.63) is 72.3 Å². The quantitative estimate of drug-likeness (QED) is 0.261. The molecule has 4 nitrogen and oxygen atoms in total. The fourth-order valence-electron chi connectivity index (χ4n) is 3.77. The van der Waals surface area contributed by atoms with Crippen molar-refractivity contribution in [1.29, 1.82) is 0 Å². The monoisotopic (exact) mass is 424 g/mol. The molecule has 1 saturated heterocycles. The highest BCUT2D eigenvalue weighted by Gasteiger charge is 2.24. The first kappa shape index (κ1) is 23.4. The molecule has 31 heavy (non-hydrogen) atoms. The molecule has 0 radical (unpaired) electrons. The molecule has 4 heteroatoms. The number of rotatable bonds is 13. The zero-order chi connectivity index (χ0) is 21.7. The molecule has 0 spiro atoms. The highest BCUT2D eigenvalue weighted by Crippen LogP contribution is 2.31. The van der Waals surface area contributed by atoms with E-state index in [9.17, 15) is 0 Å². The fraction of sp³-hybridized carbons (Fsp3) is 0.481. The second-order valence-corrected chi connectivity index (χ2v) is 8.08. The summed E-state index contributed by atoms with van der Waals surface area (Å²) in [5.74, 6) is 2.01. The lowest BCUT2D eigenvalue weighted by molar-refractivity contribution is -0.191. The van der Waals surface area contributed by atoms with Crippen molar-refractivity contribution < 1.29 is 18.9 Å². The van der Waals surface area contributed by atoms with Crippen LogP contribution in [0.25, 0.3) is 0 Å². The predicted octanol–water partition coefficient (Wildman–Crippen LogP) is 6.82. The molecule has 0 N–H and O–H groups in total. The van der Waals surface area contributed by atoms with Gasteiger partial charge < -0.3 is 18.9 Å². The van der Waals surface area contributed by atoms with Gasteiger partial charge in [-0.25, -0.2) is 0 Å². The first-order valence-electron chi connectivity index (χ1n) is 11.5. The molecule has 1 aliphatic heterocycles. The van der Waals surface area contributed by atoms with E-state index in [4.69, 9.17) is 18.9 Å². The van der Waals surface area contributed by atoms with Gasteiger partial charge in [-0.15, -0.1) is 6.58 Å². The van der Waals surface area contributed by atoms with Crippen molar-refractivity contribution in [2.45, 2.75) is 57.2 Å². The van der Waals surface area contributed by atoms with Gasteiger partial charge in [0.1, 0.15) is 11.5 Å². The van der Waals surface area contributed by atoms with E-state index in [1.165, 1.54) is 37.7 Å². The van der Waals surface area contributed by atoms with Crippen molar-refractivity contribution in [2.75, 3.05) is 26.9 Å². The van der Waals surface area contributed by atoms with Gasteiger partial charge in [-0.3, -0.25) is 0 Å². The Morgan fingerprint density at radius 1 is 0.806 bits per heavy atom. The third-order valence-electron chi connectivity index (χ3n) is 5.71. The summed E-state index contributed by atoms with van der Waals surface area (Å²) in [5.41, 5.74) is 2.24. The molecule has 1 fully saturated rings. The van der Waals surface area contributed by atoms with Gasteiger partial charge in [-0.2, -0.15) is 0 Å². The number of hydrogen-bond acceptors (Lipinski definition) is 4. The first-order chi connectivity index (χ1) is 15.3. The number of methoxy groups -OCH3 is 1. The minimum absolute atomic E-state index is 0.242. The van der Waals surface area contributed by atoms with Crippen molar-refractivity contribution >= 4 is 0 Å². The third kappa shape index (κ3) is 7.71. The zero-order valence-corrected chi connectivity index (χ0v) is 18.8. The lowest BCUT2D eigenvalue weighted by Crippen LogP contribution is -2.25. The lowest BCUT2D eigenvalue weighted by Gasteiger charge is -2.30. The SMILES string of the molecule is C=CCCCCCCCCOc1ccc(C2OCC(c3ccc(OC)cc3)CO2)cc1. The first-order valence-corrected chi connectivity index (χ1v) is 11.5. The summed E-state index contributed by atoms with van der Waals surface area (Å²) in [6, 6.07) is 16.2. The van der Waals surface area contributed by atoms with Crippen LogP contribution in [0.5, 0.6) is 11.5 Å². The number of ether oxygens (including phenoxy) is 4. The van der Waals surface area contributed by atoms with E-state index in [1.54, 1.807) is 7.11 Å². The minimum atomic E-state index is -0.315. The summed E-state index contributed by atoms with van der Waals surface area (Å²) >= 11 is 0. The van der Waals surface area contributed by atoms with E-state index >= 15 is 0 Å². The van der Waals surface area contributed by atoms with Gasteiger partial charge in [0.15, 0.2) is 6.29 Å². The zero-order valence-electron chi connectivity index (χ0n) is 18.8. The highest BCUT2D eigenvalue weighted by molar-refractivity contribution is 5.30. The van der Waals surface area contributed by atoms with Crippen LogP contribution in [0.3, 0.4) is 0 Å². The lowest BCUT2D eigenvalue weighted by atomic mass is 10.00. The van der Waals surface area contributed by atoms with Gasteiger partial charge in [-0.1, -0.05) is 56.0 Å². The highest BCUT2D eigenvalue weighted by atomic mass is 16.7. The second kappa shape index (κ2) is 13.2. The average molecular weight is 425 g/mol. The molecule has 0 amide bonds. The molecule has 0 unspecified atom stereocenters. The molecular weight excluding hydrogens is 388 g/mol. The summed E-state index contributed by atoms with van der Waals surface area (Å²) in [6.45, 7) is 5.82. The van der Waals surface area contributed by atoms with Crippen LogP contribution in [0.1, 0.15) is 68.3 Å². The smallest absolute Gasteiger partial charge is 0.183 e. The molecule has 0 bridgehead atoms. The van der Waals surface area contributed by atoms with E-state index in [0.29, 0.717) is 13.2 Å². The summed E-state index contributed by atoms with van der Waals surface area (Å²) in [5, 5.41) is 0. The van der Waals surface area contributed by atoms with Crippen LogP contribution < -0.4 is 9.47 Å². The Morgan fingerprint density at radius 3 is 2.03 bits per heavy atom. The Kier molecular flexibility index (Phi) is 9.94. The maximum absolute atomic E-state index is 5.99. The van der Waals surface area contributed by atoms with Crippen molar-refractivity contribution in [3.8, 4) is 11.5 Å². The Labute approximate surface area is 187 Å². The van der Waals surface area contributed by atoms with Gasteiger partial charge in [0.05, 0.1) is 26.9 Å². The molecule has 0 aliphatic carbocycles. The predicted molar refractivity (Wildman–Crippen MR) is 125 cm³/mol.